The molecule has 0 radical (unpaired) electrons. The number of carbonyl (C=O) groups excluding carboxylic acids is 2. The first-order valence-electron chi connectivity index (χ1n) is 9.49. The maximum atomic E-state index is 12.3. The number of nitrogens with two attached hydrogens (primary N) is 1. The summed E-state index contributed by atoms with van der Waals surface area (Å²) >= 11 is 0. The lowest BCUT2D eigenvalue weighted by Crippen LogP contribution is -2.38. The maximum Gasteiger partial charge on any atom is 0.303 e. The Morgan fingerprint density at radius 3 is 2.62 bits per heavy atom. The van der Waals surface area contributed by atoms with E-state index in [-0.39, 0.29) is 30.4 Å². The van der Waals surface area contributed by atoms with Crippen LogP contribution in [0.5, 0.6) is 11.5 Å². The number of rotatable bonds is 8. The summed E-state index contributed by atoms with van der Waals surface area (Å²) in [6, 6.07) is 11.3. The van der Waals surface area contributed by atoms with Crippen molar-refractivity contribution in [2.45, 2.75) is 12.8 Å². The summed E-state index contributed by atoms with van der Waals surface area (Å²) in [6.07, 6.45) is 1.56. The minimum atomic E-state index is -0.891. The van der Waals surface area contributed by atoms with Gasteiger partial charge >= 0.3 is 5.97 Å². The second-order valence-electron chi connectivity index (χ2n) is 6.73. The molecule has 2 amide bonds. The van der Waals surface area contributed by atoms with Crippen molar-refractivity contribution in [2.75, 3.05) is 11.9 Å². The molecule has 11 heteroatoms. The van der Waals surface area contributed by atoms with Gasteiger partial charge in [-0.15, -0.1) is 0 Å². The van der Waals surface area contributed by atoms with Gasteiger partial charge in [-0.05, 0) is 42.3 Å². The largest absolute Gasteiger partial charge is 0.481 e. The molecule has 7 N–H and O–H groups in total. The highest BCUT2D eigenvalue weighted by molar-refractivity contribution is 5.98. The number of nitrogens with one attached hydrogen (secondary N) is 4. The zero-order chi connectivity index (χ0) is 23.1. The fourth-order valence-electron chi connectivity index (χ4n) is 2.79. The molecule has 2 aromatic rings. The number of amides is 2. The first kappa shape index (κ1) is 22.2. The van der Waals surface area contributed by atoms with Crippen molar-refractivity contribution >= 4 is 29.4 Å². The van der Waals surface area contributed by atoms with Gasteiger partial charge in [-0.3, -0.25) is 25.1 Å². The van der Waals surface area contributed by atoms with Crippen LogP contribution >= 0.6 is 0 Å². The minimum absolute atomic E-state index is 0.0000444. The van der Waals surface area contributed by atoms with Gasteiger partial charge in [-0.25, -0.2) is 0 Å². The van der Waals surface area contributed by atoms with Crippen LogP contribution in [0.25, 0.3) is 0 Å². The molecule has 0 bridgehead atoms. The Kier molecular flexibility index (Phi) is 6.91. The predicted octanol–water partition coefficient (Wildman–Crippen LogP) is 1.13. The molecular formula is C21H21N5O6. The first-order valence-corrected chi connectivity index (χ1v) is 9.49. The molecule has 1 aliphatic heterocycles. The highest BCUT2D eigenvalue weighted by Gasteiger charge is 2.17. The third-order valence-electron chi connectivity index (χ3n) is 4.22. The predicted molar refractivity (Wildman–Crippen MR) is 114 cm³/mol. The summed E-state index contributed by atoms with van der Waals surface area (Å²) in [7, 11) is 0. The third kappa shape index (κ3) is 6.23. The zero-order valence-corrected chi connectivity index (χ0v) is 16.8. The highest BCUT2D eigenvalue weighted by atomic mass is 16.6. The van der Waals surface area contributed by atoms with E-state index >= 15 is 0 Å². The summed E-state index contributed by atoms with van der Waals surface area (Å²) < 4.78 is 11.0. The number of carboxylic acid groups (broad SMARTS) is 1. The van der Waals surface area contributed by atoms with Crippen LogP contribution < -0.4 is 31.2 Å². The molecule has 2 aromatic carbocycles. The Labute approximate surface area is 182 Å². The number of carbonyl (C=O) groups is 3. The second-order valence-corrected chi connectivity index (χ2v) is 6.73. The van der Waals surface area contributed by atoms with Crippen molar-refractivity contribution in [1.82, 2.24) is 10.6 Å². The molecule has 0 spiro atoms. The molecule has 1 heterocycles. The molecule has 0 saturated carbocycles. The van der Waals surface area contributed by atoms with Gasteiger partial charge in [0.25, 0.3) is 5.91 Å². The van der Waals surface area contributed by atoms with E-state index in [1.54, 1.807) is 36.4 Å². The number of benzene rings is 2. The number of hydrogen-bond acceptors (Lipinski definition) is 6. The van der Waals surface area contributed by atoms with Crippen molar-refractivity contribution in [3.05, 3.63) is 65.7 Å². The Bertz CT molecular complexity index is 1100. The molecule has 11 nitrogen and oxygen atoms in total. The number of aryl methyl sites for hydroxylation is 1. The fourth-order valence-corrected chi connectivity index (χ4v) is 2.79. The maximum absolute atomic E-state index is 12.3. The van der Waals surface area contributed by atoms with E-state index in [1.165, 1.54) is 12.3 Å². The molecule has 0 fully saturated rings. The monoisotopic (exact) mass is 439 g/mol. The normalized spacial score (nSPS) is 11.7. The third-order valence-corrected chi connectivity index (χ3v) is 4.22. The van der Waals surface area contributed by atoms with Crippen LogP contribution in [0.4, 0.5) is 5.69 Å². The SMILES string of the molecule is N=C(N)Nc1cccc(C(=O)NCC(=O)NC2=COc3cc(CCC(=O)O)ccc3O2)c1. The molecule has 0 unspecified atom stereocenters. The van der Waals surface area contributed by atoms with Crippen LogP contribution in [0.1, 0.15) is 22.3 Å². The van der Waals surface area contributed by atoms with Gasteiger partial charge in [0, 0.05) is 17.7 Å². The van der Waals surface area contributed by atoms with Gasteiger partial charge in [-0.1, -0.05) is 12.1 Å². The minimum Gasteiger partial charge on any atom is -0.481 e. The summed E-state index contributed by atoms with van der Waals surface area (Å²) in [5.41, 5.74) is 6.80. The zero-order valence-electron chi connectivity index (χ0n) is 16.8. The van der Waals surface area contributed by atoms with E-state index in [4.69, 9.17) is 25.7 Å². The summed E-state index contributed by atoms with van der Waals surface area (Å²) in [4.78, 5) is 35.1. The molecular weight excluding hydrogens is 418 g/mol. The van der Waals surface area contributed by atoms with E-state index in [0.717, 1.165) is 5.56 Å². The van der Waals surface area contributed by atoms with Crippen LogP contribution in [0.2, 0.25) is 0 Å². The lowest BCUT2D eigenvalue weighted by Gasteiger charge is -2.19. The number of anilines is 1. The van der Waals surface area contributed by atoms with Crippen LogP contribution in [0.3, 0.4) is 0 Å². The number of aliphatic carboxylic acids is 1. The highest BCUT2D eigenvalue weighted by Crippen LogP contribution is 2.33. The van der Waals surface area contributed by atoms with Crippen molar-refractivity contribution in [3.63, 3.8) is 0 Å². The average molecular weight is 439 g/mol. The average Bonchev–Trinajstić information content (AvgIpc) is 2.75. The Hall–Kier alpha value is -4.54. The second kappa shape index (κ2) is 9.98. The molecule has 0 saturated heterocycles. The number of hydrogen-bond donors (Lipinski definition) is 6. The summed E-state index contributed by atoms with van der Waals surface area (Å²) in [5, 5.41) is 23.5. The summed E-state index contributed by atoms with van der Waals surface area (Å²) in [5.74, 6) is -1.36. The van der Waals surface area contributed by atoms with Gasteiger partial charge < -0.3 is 30.9 Å². The number of ether oxygens (including phenoxy) is 2. The van der Waals surface area contributed by atoms with E-state index < -0.39 is 17.8 Å². The molecule has 0 atom stereocenters. The fraction of sp³-hybridized carbons (Fsp3) is 0.143. The van der Waals surface area contributed by atoms with Crippen LogP contribution in [-0.2, 0) is 16.0 Å². The smallest absolute Gasteiger partial charge is 0.303 e. The van der Waals surface area contributed by atoms with Crippen LogP contribution in [0, 0.1) is 5.41 Å². The molecule has 0 aromatic heterocycles. The molecule has 3 rings (SSSR count). The Morgan fingerprint density at radius 1 is 1.06 bits per heavy atom. The van der Waals surface area contributed by atoms with Crippen molar-refractivity contribution in [3.8, 4) is 11.5 Å². The van der Waals surface area contributed by atoms with E-state index in [9.17, 15) is 14.4 Å². The Balaban J connectivity index is 1.50. The van der Waals surface area contributed by atoms with Crippen molar-refractivity contribution in [2.24, 2.45) is 5.73 Å². The number of carboxylic acids is 1. The number of fused-ring (bicyclic) bond motifs is 1. The number of guanidine groups is 1. The van der Waals surface area contributed by atoms with Gasteiger partial charge in [-0.2, -0.15) is 0 Å². The van der Waals surface area contributed by atoms with Gasteiger partial charge in [0.1, 0.15) is 0 Å². The van der Waals surface area contributed by atoms with E-state index in [1.807, 2.05) is 0 Å². The molecule has 1 aliphatic rings. The van der Waals surface area contributed by atoms with Crippen molar-refractivity contribution < 1.29 is 29.0 Å². The lowest BCUT2D eigenvalue weighted by molar-refractivity contribution is -0.137. The summed E-state index contributed by atoms with van der Waals surface area (Å²) in [6.45, 7) is -0.315. The van der Waals surface area contributed by atoms with Gasteiger partial charge in [0.15, 0.2) is 23.7 Å². The lowest BCUT2D eigenvalue weighted by atomic mass is 10.1. The topological polar surface area (TPSA) is 176 Å². The van der Waals surface area contributed by atoms with E-state index in [0.29, 0.717) is 23.6 Å². The quantitative estimate of drug-likeness (QED) is 0.262. The van der Waals surface area contributed by atoms with Crippen LogP contribution in [-0.4, -0.2) is 35.4 Å². The van der Waals surface area contributed by atoms with E-state index in [2.05, 4.69) is 16.0 Å². The Morgan fingerprint density at radius 2 is 1.88 bits per heavy atom. The van der Waals surface area contributed by atoms with Crippen molar-refractivity contribution in [1.29, 1.82) is 5.41 Å². The molecule has 0 aliphatic carbocycles. The van der Waals surface area contributed by atoms with Crippen LogP contribution in [0.15, 0.2) is 54.6 Å². The van der Waals surface area contributed by atoms with Gasteiger partial charge in [0.2, 0.25) is 11.8 Å². The first-order chi connectivity index (χ1) is 15.3. The molecule has 32 heavy (non-hydrogen) atoms. The molecule has 166 valence electrons. The standard InChI is InChI=1S/C21H21N5O6/c22-21(23)25-14-3-1-2-13(9-14)20(30)24-10-17(27)26-18-11-31-16-8-12(5-7-19(28)29)4-6-15(16)32-18/h1-4,6,8-9,11H,5,7,10H2,(H,24,30)(H,26,27)(H,28,29)(H4,22,23,25). The van der Waals surface area contributed by atoms with Gasteiger partial charge in [0.05, 0.1) is 6.54 Å².